The summed E-state index contributed by atoms with van der Waals surface area (Å²) >= 11 is 0. The Kier molecular flexibility index (Phi) is 19.5. The number of alkyl carbamates (subject to hydrolysis) is 2. The average Bonchev–Trinajstić information content (AvgIpc) is 3.10. The van der Waals surface area contributed by atoms with E-state index in [0.29, 0.717) is 19.4 Å². The van der Waals surface area contributed by atoms with Gasteiger partial charge in [-0.1, -0.05) is 88.4 Å². The van der Waals surface area contributed by atoms with E-state index < -0.39 is 65.7 Å². The van der Waals surface area contributed by atoms with Gasteiger partial charge in [-0.05, 0) is 61.7 Å². The van der Waals surface area contributed by atoms with Gasteiger partial charge in [-0.25, -0.2) is 9.59 Å². The smallest absolute Gasteiger partial charge is 0.414 e. The summed E-state index contributed by atoms with van der Waals surface area (Å²) in [5.41, 5.74) is 6.72. The van der Waals surface area contributed by atoms with E-state index in [9.17, 15) is 29.1 Å². The summed E-state index contributed by atoms with van der Waals surface area (Å²) in [7, 11) is 0. The molecule has 2 aromatic rings. The number of carbonyl (C=O) groups excluding carboxylic acids is 5. The fourth-order valence-electron chi connectivity index (χ4n) is 5.17. The topological polar surface area (TPSA) is 232 Å². The molecular weight excluding hydrogens is 710 g/mol. The normalized spacial score (nSPS) is 13.8. The Hall–Kier alpha value is -5.38. The quantitative estimate of drug-likeness (QED) is 0.0450. The Morgan fingerprint density at radius 2 is 1.45 bits per heavy atom. The number of oxime groups is 1. The molecule has 0 saturated heterocycles. The van der Waals surface area contributed by atoms with Gasteiger partial charge < -0.3 is 46.4 Å². The van der Waals surface area contributed by atoms with Crippen LogP contribution < -0.4 is 32.3 Å². The first-order valence-corrected chi connectivity index (χ1v) is 18.5. The van der Waals surface area contributed by atoms with Crippen molar-refractivity contribution >= 4 is 35.9 Å². The molecule has 304 valence electrons. The molecule has 2 rings (SSSR count). The van der Waals surface area contributed by atoms with Gasteiger partial charge >= 0.3 is 12.2 Å². The monoisotopic (exact) mass is 769 g/mol. The molecule has 2 aromatic carbocycles. The van der Waals surface area contributed by atoms with Crippen LogP contribution in [-0.2, 0) is 41.7 Å². The largest absolute Gasteiger partial charge is 0.445 e. The summed E-state index contributed by atoms with van der Waals surface area (Å²) < 4.78 is 10.4. The Morgan fingerprint density at radius 1 is 0.836 bits per heavy atom. The zero-order valence-electron chi connectivity index (χ0n) is 32.9. The lowest BCUT2D eigenvalue weighted by molar-refractivity contribution is -0.132. The summed E-state index contributed by atoms with van der Waals surface area (Å²) in [5, 5.41) is 27.8. The molecule has 0 aromatic heterocycles. The van der Waals surface area contributed by atoms with E-state index in [1.807, 2.05) is 50.2 Å². The molecule has 0 fully saturated rings. The van der Waals surface area contributed by atoms with Crippen molar-refractivity contribution < 1.29 is 43.4 Å². The van der Waals surface area contributed by atoms with Crippen molar-refractivity contribution in [2.24, 2.45) is 22.7 Å². The highest BCUT2D eigenvalue weighted by Crippen LogP contribution is 2.14. The molecule has 0 unspecified atom stereocenters. The number of benzene rings is 2. The number of nitrogens with zero attached hydrogens (tertiary/aromatic N) is 1. The van der Waals surface area contributed by atoms with E-state index in [0.717, 1.165) is 11.1 Å². The lowest BCUT2D eigenvalue weighted by Gasteiger charge is -2.30. The lowest BCUT2D eigenvalue weighted by atomic mass is 9.95. The molecule has 16 nitrogen and oxygen atoms in total. The number of amides is 5. The first kappa shape index (κ1) is 45.8. The van der Waals surface area contributed by atoms with E-state index >= 15 is 0 Å². The third kappa shape index (κ3) is 19.5. The predicted molar refractivity (Wildman–Crippen MR) is 207 cm³/mol. The fraction of sp³-hybridized carbons (Fsp3) is 0.538. The van der Waals surface area contributed by atoms with Gasteiger partial charge in [0.05, 0.1) is 18.6 Å². The van der Waals surface area contributed by atoms with E-state index in [1.54, 1.807) is 58.9 Å². The van der Waals surface area contributed by atoms with Crippen LogP contribution in [0.4, 0.5) is 9.59 Å². The van der Waals surface area contributed by atoms with Crippen LogP contribution in [0.15, 0.2) is 65.8 Å². The molecule has 0 spiro atoms. The Bertz CT molecular complexity index is 1530. The Morgan fingerprint density at radius 3 is 2.04 bits per heavy atom. The molecule has 0 aliphatic rings. The van der Waals surface area contributed by atoms with Crippen molar-refractivity contribution in [3.05, 3.63) is 71.8 Å². The molecule has 4 atom stereocenters. The summed E-state index contributed by atoms with van der Waals surface area (Å²) in [4.78, 5) is 70.0. The maximum Gasteiger partial charge on any atom is 0.414 e. The van der Waals surface area contributed by atoms with Gasteiger partial charge in [-0.15, -0.1) is 0 Å². The number of aliphatic hydroxyl groups is 1. The molecule has 0 aliphatic carbocycles. The number of nitrogens with one attached hydrogen (secondary N) is 5. The van der Waals surface area contributed by atoms with Crippen LogP contribution in [0, 0.1) is 11.8 Å². The molecule has 0 saturated carbocycles. The summed E-state index contributed by atoms with van der Waals surface area (Å²) in [6, 6.07) is 15.5. The maximum atomic E-state index is 13.7. The van der Waals surface area contributed by atoms with Gasteiger partial charge in [0.25, 0.3) is 0 Å². The summed E-state index contributed by atoms with van der Waals surface area (Å²) in [6.45, 7) is 12.4. The first-order valence-electron chi connectivity index (χ1n) is 18.5. The van der Waals surface area contributed by atoms with E-state index in [1.165, 1.54) is 0 Å². The number of nitrogens with two attached hydrogens (primary N) is 1. The van der Waals surface area contributed by atoms with Crippen molar-refractivity contribution in [3.63, 3.8) is 0 Å². The fourth-order valence-corrected chi connectivity index (χ4v) is 5.17. The highest BCUT2D eigenvalue weighted by molar-refractivity contribution is 5.93. The first-order chi connectivity index (χ1) is 25.9. The number of rotatable bonds is 20. The SMILES string of the molecule is CC(C)C[C@H](NC(=O)[C@@H](NC(=O)[C@H](CCON=C(N)NC(=O)OC(C)(C)C)NC(=O)OCc1ccccc1)C(C)C)[C@@H](O)CC(=O)NCCc1ccccc1. The number of aliphatic hydroxyl groups excluding tert-OH is 1. The number of hydrogen-bond donors (Lipinski definition) is 7. The molecule has 5 amide bonds. The zero-order valence-corrected chi connectivity index (χ0v) is 32.9. The van der Waals surface area contributed by atoms with Gasteiger partial charge in [0.15, 0.2) is 0 Å². The molecule has 0 radical (unpaired) electrons. The van der Waals surface area contributed by atoms with Crippen LogP contribution in [0.2, 0.25) is 0 Å². The van der Waals surface area contributed by atoms with Gasteiger partial charge in [-0.3, -0.25) is 19.7 Å². The Labute approximate surface area is 323 Å². The van der Waals surface area contributed by atoms with Crippen molar-refractivity contribution in [2.45, 2.75) is 111 Å². The van der Waals surface area contributed by atoms with Crippen LogP contribution in [0.1, 0.15) is 78.9 Å². The maximum absolute atomic E-state index is 13.7. The van der Waals surface area contributed by atoms with Crippen LogP contribution in [-0.4, -0.2) is 84.0 Å². The predicted octanol–water partition coefficient (Wildman–Crippen LogP) is 3.22. The van der Waals surface area contributed by atoms with Crippen LogP contribution in [0.5, 0.6) is 0 Å². The highest BCUT2D eigenvalue weighted by Gasteiger charge is 2.32. The molecule has 0 heterocycles. The van der Waals surface area contributed by atoms with E-state index in [-0.39, 0.29) is 37.9 Å². The van der Waals surface area contributed by atoms with Gasteiger partial charge in [-0.2, -0.15) is 0 Å². The van der Waals surface area contributed by atoms with Gasteiger partial charge in [0, 0.05) is 13.0 Å². The second-order valence-corrected chi connectivity index (χ2v) is 14.8. The summed E-state index contributed by atoms with van der Waals surface area (Å²) in [5.74, 6) is -2.43. The minimum Gasteiger partial charge on any atom is -0.445 e. The van der Waals surface area contributed by atoms with Crippen LogP contribution in [0.3, 0.4) is 0 Å². The van der Waals surface area contributed by atoms with Crippen molar-refractivity contribution in [2.75, 3.05) is 13.2 Å². The second kappa shape index (κ2) is 23.4. The van der Waals surface area contributed by atoms with Crippen molar-refractivity contribution in [1.29, 1.82) is 0 Å². The molecule has 16 heteroatoms. The zero-order chi connectivity index (χ0) is 41.0. The number of carbonyl (C=O) groups is 5. The van der Waals surface area contributed by atoms with Gasteiger partial charge in [0.2, 0.25) is 23.7 Å². The summed E-state index contributed by atoms with van der Waals surface area (Å²) in [6.07, 6.45) is -2.32. The minimum atomic E-state index is -1.26. The standard InChI is InChI=1S/C39H59N7O9/c1-25(2)22-30(31(47)23-32(48)41-20-18-27-14-10-8-11-15-27)42-35(50)33(26(3)4)44-34(49)29(43-37(51)53-24-28-16-12-9-13-17-28)19-21-54-46-36(40)45-38(52)55-39(5,6)7/h8-17,25-26,29-31,33,47H,18-24H2,1-7H3,(H,41,48)(H,42,50)(H,43,51)(H,44,49)(H3,40,45,46,52)/t29-,30-,31-,33-/m0/s1. The highest BCUT2D eigenvalue weighted by atomic mass is 16.6. The Balaban J connectivity index is 2.10. The van der Waals surface area contributed by atoms with Crippen molar-refractivity contribution in [1.82, 2.24) is 26.6 Å². The third-order valence-corrected chi connectivity index (χ3v) is 7.85. The second-order valence-electron chi connectivity index (χ2n) is 14.8. The van der Waals surface area contributed by atoms with E-state index in [4.69, 9.17) is 20.0 Å². The minimum absolute atomic E-state index is 0.0553. The number of hydrogen-bond acceptors (Lipinski definition) is 10. The molecular formula is C39H59N7O9. The molecule has 0 aliphatic heterocycles. The van der Waals surface area contributed by atoms with Crippen LogP contribution in [0.25, 0.3) is 0 Å². The van der Waals surface area contributed by atoms with Crippen LogP contribution >= 0.6 is 0 Å². The third-order valence-electron chi connectivity index (χ3n) is 7.85. The molecule has 8 N–H and O–H groups in total. The average molecular weight is 770 g/mol. The number of guanidine groups is 1. The number of ether oxygens (including phenoxy) is 2. The molecule has 55 heavy (non-hydrogen) atoms. The lowest BCUT2D eigenvalue weighted by Crippen LogP contribution is -2.58. The molecule has 0 bridgehead atoms. The van der Waals surface area contributed by atoms with Gasteiger partial charge in [0.1, 0.15) is 30.9 Å². The van der Waals surface area contributed by atoms with Crippen molar-refractivity contribution in [3.8, 4) is 0 Å². The van der Waals surface area contributed by atoms with E-state index in [2.05, 4.69) is 31.7 Å².